The Kier molecular flexibility index (Phi) is 3.75. The molecule has 110 valence electrons. The van der Waals surface area contributed by atoms with Gasteiger partial charge >= 0.3 is 6.18 Å². The van der Waals surface area contributed by atoms with E-state index in [9.17, 15) is 18.0 Å². The number of amides is 1. The van der Waals surface area contributed by atoms with Crippen LogP contribution in [0, 0.1) is 0 Å². The molecule has 0 saturated heterocycles. The predicted molar refractivity (Wildman–Crippen MR) is 74.7 cm³/mol. The lowest BCUT2D eigenvalue weighted by molar-refractivity contribution is -0.137. The number of carbonyl (C=O) groups excluding carboxylic acids is 1. The van der Waals surface area contributed by atoms with Crippen LogP contribution in [0.3, 0.4) is 0 Å². The van der Waals surface area contributed by atoms with E-state index in [0.717, 1.165) is 12.1 Å². The Hall–Kier alpha value is -2.70. The van der Waals surface area contributed by atoms with Crippen LogP contribution in [-0.2, 0) is 6.18 Å². The van der Waals surface area contributed by atoms with Gasteiger partial charge < -0.3 is 16.8 Å². The fourth-order valence-corrected chi connectivity index (χ4v) is 1.75. The van der Waals surface area contributed by atoms with Gasteiger partial charge in [0.05, 0.1) is 5.56 Å². The van der Waals surface area contributed by atoms with Gasteiger partial charge in [0.25, 0.3) is 5.91 Å². The molecule has 0 fully saturated rings. The molecule has 0 spiro atoms. The summed E-state index contributed by atoms with van der Waals surface area (Å²) in [5, 5.41) is 2.47. The zero-order valence-electron chi connectivity index (χ0n) is 10.7. The average molecular weight is 295 g/mol. The molecule has 0 bridgehead atoms. The van der Waals surface area contributed by atoms with Crippen molar-refractivity contribution in [3.8, 4) is 0 Å². The van der Waals surface area contributed by atoms with Gasteiger partial charge in [-0.3, -0.25) is 4.79 Å². The molecule has 5 N–H and O–H groups in total. The number of rotatable bonds is 2. The molecule has 0 aliphatic carbocycles. The van der Waals surface area contributed by atoms with E-state index in [4.69, 9.17) is 11.5 Å². The molecule has 2 aromatic carbocycles. The Labute approximate surface area is 118 Å². The highest BCUT2D eigenvalue weighted by Crippen LogP contribution is 2.29. The maximum Gasteiger partial charge on any atom is 0.416 e. The van der Waals surface area contributed by atoms with Gasteiger partial charge in [-0.15, -0.1) is 0 Å². The summed E-state index contributed by atoms with van der Waals surface area (Å²) in [6.45, 7) is 0. The summed E-state index contributed by atoms with van der Waals surface area (Å²) in [5.74, 6) is -0.506. The molecule has 0 aliphatic rings. The zero-order valence-corrected chi connectivity index (χ0v) is 10.7. The third-order valence-electron chi connectivity index (χ3n) is 2.71. The van der Waals surface area contributed by atoms with Gasteiger partial charge in [0.15, 0.2) is 0 Å². The first-order valence-electron chi connectivity index (χ1n) is 5.90. The van der Waals surface area contributed by atoms with E-state index in [1.807, 2.05) is 0 Å². The molecule has 0 aromatic heterocycles. The van der Waals surface area contributed by atoms with E-state index in [0.29, 0.717) is 11.4 Å². The van der Waals surface area contributed by atoms with Crippen molar-refractivity contribution in [1.82, 2.24) is 0 Å². The fourth-order valence-electron chi connectivity index (χ4n) is 1.75. The van der Waals surface area contributed by atoms with Crippen molar-refractivity contribution >= 4 is 23.0 Å². The molecule has 1 amide bonds. The third kappa shape index (κ3) is 3.65. The number of hydrogen-bond donors (Lipinski definition) is 3. The molecule has 0 heterocycles. The van der Waals surface area contributed by atoms with Crippen molar-refractivity contribution in [2.45, 2.75) is 6.18 Å². The van der Waals surface area contributed by atoms with Gasteiger partial charge in [0.2, 0.25) is 0 Å². The highest BCUT2D eigenvalue weighted by atomic mass is 19.4. The summed E-state index contributed by atoms with van der Waals surface area (Å²) < 4.78 is 37.3. The van der Waals surface area contributed by atoms with Crippen LogP contribution in [0.4, 0.5) is 30.2 Å². The quantitative estimate of drug-likeness (QED) is 0.744. The van der Waals surface area contributed by atoms with E-state index in [1.54, 1.807) is 0 Å². The monoisotopic (exact) mass is 295 g/mol. The third-order valence-corrected chi connectivity index (χ3v) is 2.71. The number of carbonyl (C=O) groups is 1. The molecular formula is C14H12F3N3O. The number of benzene rings is 2. The molecular weight excluding hydrogens is 283 g/mol. The molecule has 0 radical (unpaired) electrons. The number of nitrogens with two attached hydrogens (primary N) is 2. The lowest BCUT2D eigenvalue weighted by Crippen LogP contribution is -2.13. The molecule has 0 saturated carbocycles. The molecule has 0 atom stereocenters. The Morgan fingerprint density at radius 2 is 1.48 bits per heavy atom. The van der Waals surface area contributed by atoms with Crippen LogP contribution in [0.5, 0.6) is 0 Å². The summed E-state index contributed by atoms with van der Waals surface area (Å²) >= 11 is 0. The first kappa shape index (κ1) is 14.7. The van der Waals surface area contributed by atoms with Crippen LogP contribution in [0.25, 0.3) is 0 Å². The molecule has 0 unspecified atom stereocenters. The lowest BCUT2D eigenvalue weighted by atomic mass is 10.1. The van der Waals surface area contributed by atoms with E-state index in [1.165, 1.54) is 30.3 Å². The van der Waals surface area contributed by atoms with Gasteiger partial charge in [-0.05, 0) is 42.5 Å². The van der Waals surface area contributed by atoms with Crippen LogP contribution in [0.1, 0.15) is 15.9 Å². The second-order valence-corrected chi connectivity index (χ2v) is 4.42. The van der Waals surface area contributed by atoms with Crippen molar-refractivity contribution in [2.75, 3.05) is 16.8 Å². The smallest absolute Gasteiger partial charge is 0.399 e. The number of nitrogens with one attached hydrogen (secondary N) is 1. The zero-order chi connectivity index (χ0) is 15.6. The fraction of sp³-hybridized carbons (Fsp3) is 0.0714. The van der Waals surface area contributed by atoms with Crippen LogP contribution in [0.15, 0.2) is 42.5 Å². The molecule has 21 heavy (non-hydrogen) atoms. The summed E-state index contributed by atoms with van der Waals surface area (Å²) in [5.41, 5.74) is 11.5. The summed E-state index contributed by atoms with van der Waals surface area (Å²) in [4.78, 5) is 12.0. The van der Waals surface area contributed by atoms with E-state index >= 15 is 0 Å². The van der Waals surface area contributed by atoms with Gasteiger partial charge in [0.1, 0.15) is 0 Å². The molecule has 0 aliphatic heterocycles. The van der Waals surface area contributed by atoms with Crippen LogP contribution < -0.4 is 16.8 Å². The summed E-state index contributed by atoms with van der Waals surface area (Å²) in [6, 6.07) is 8.49. The minimum absolute atomic E-state index is 0.229. The molecule has 2 aromatic rings. The number of halogens is 3. The van der Waals surface area contributed by atoms with Crippen LogP contribution in [0.2, 0.25) is 0 Å². The van der Waals surface area contributed by atoms with Gasteiger partial charge in [-0.1, -0.05) is 0 Å². The van der Waals surface area contributed by atoms with Crippen molar-refractivity contribution in [3.63, 3.8) is 0 Å². The van der Waals surface area contributed by atoms with Gasteiger partial charge in [-0.25, -0.2) is 0 Å². The standard InChI is InChI=1S/C14H12F3N3O/c15-14(16,17)9-1-3-12(4-2-9)20-13(21)8-5-10(18)7-11(19)6-8/h1-7H,18-19H2,(H,20,21). The first-order valence-corrected chi connectivity index (χ1v) is 5.90. The van der Waals surface area contributed by atoms with Crippen molar-refractivity contribution in [2.24, 2.45) is 0 Å². The first-order chi connectivity index (χ1) is 9.75. The number of alkyl halides is 3. The molecule has 2 rings (SSSR count). The molecule has 4 nitrogen and oxygen atoms in total. The van der Waals surface area contributed by atoms with Crippen LogP contribution in [-0.4, -0.2) is 5.91 Å². The van der Waals surface area contributed by atoms with E-state index in [-0.39, 0.29) is 11.3 Å². The Morgan fingerprint density at radius 1 is 0.952 bits per heavy atom. The Morgan fingerprint density at radius 3 is 1.95 bits per heavy atom. The number of nitrogen functional groups attached to an aromatic ring is 2. The van der Waals surface area contributed by atoms with Crippen molar-refractivity contribution < 1.29 is 18.0 Å². The minimum atomic E-state index is -4.41. The second-order valence-electron chi connectivity index (χ2n) is 4.42. The predicted octanol–water partition coefficient (Wildman–Crippen LogP) is 3.12. The SMILES string of the molecule is Nc1cc(N)cc(C(=O)Nc2ccc(C(F)(F)F)cc2)c1. The maximum atomic E-state index is 12.4. The van der Waals surface area contributed by atoms with Crippen molar-refractivity contribution in [1.29, 1.82) is 0 Å². The largest absolute Gasteiger partial charge is 0.416 e. The van der Waals surface area contributed by atoms with E-state index in [2.05, 4.69) is 5.32 Å². The van der Waals surface area contributed by atoms with Crippen molar-refractivity contribution in [3.05, 3.63) is 53.6 Å². The molecule has 7 heteroatoms. The summed E-state index contributed by atoms with van der Waals surface area (Å²) in [6.07, 6.45) is -4.41. The van der Waals surface area contributed by atoms with Gasteiger partial charge in [-0.2, -0.15) is 13.2 Å². The Balaban J connectivity index is 2.16. The second kappa shape index (κ2) is 5.35. The highest BCUT2D eigenvalue weighted by Gasteiger charge is 2.29. The highest BCUT2D eigenvalue weighted by molar-refractivity contribution is 6.05. The normalized spacial score (nSPS) is 11.2. The average Bonchev–Trinajstić information content (AvgIpc) is 2.37. The number of hydrogen-bond acceptors (Lipinski definition) is 3. The number of anilines is 3. The van der Waals surface area contributed by atoms with E-state index < -0.39 is 17.6 Å². The Bertz CT molecular complexity index is 646. The van der Waals surface area contributed by atoms with Gasteiger partial charge in [0, 0.05) is 22.6 Å². The maximum absolute atomic E-state index is 12.4. The summed E-state index contributed by atoms with van der Waals surface area (Å²) in [7, 11) is 0. The minimum Gasteiger partial charge on any atom is -0.399 e. The lowest BCUT2D eigenvalue weighted by Gasteiger charge is -2.09. The topological polar surface area (TPSA) is 81.1 Å². The van der Waals surface area contributed by atoms with Crippen LogP contribution >= 0.6 is 0 Å².